The SMILES string of the molecule is CCN(Cc1ccc(Br)s1)C(=O)c1cncc(Cl)n1. The van der Waals surface area contributed by atoms with Crippen molar-refractivity contribution in [1.29, 1.82) is 0 Å². The molecule has 0 spiro atoms. The maximum Gasteiger partial charge on any atom is 0.274 e. The predicted octanol–water partition coefficient (Wildman–Crippen LogP) is 3.62. The Morgan fingerprint density at radius 3 is 2.84 bits per heavy atom. The Bertz CT molecular complexity index is 590. The van der Waals surface area contributed by atoms with E-state index in [1.54, 1.807) is 16.2 Å². The summed E-state index contributed by atoms with van der Waals surface area (Å²) < 4.78 is 1.05. The summed E-state index contributed by atoms with van der Waals surface area (Å²) in [6, 6.07) is 3.96. The van der Waals surface area contributed by atoms with Crippen LogP contribution in [0.2, 0.25) is 5.15 Å². The quantitative estimate of drug-likeness (QED) is 0.836. The molecule has 0 atom stereocenters. The van der Waals surface area contributed by atoms with Crippen LogP contribution in [0, 0.1) is 0 Å². The van der Waals surface area contributed by atoms with Crippen LogP contribution in [0.3, 0.4) is 0 Å². The molecule has 0 fully saturated rings. The maximum absolute atomic E-state index is 12.3. The normalized spacial score (nSPS) is 10.5. The van der Waals surface area contributed by atoms with Crippen molar-refractivity contribution < 1.29 is 4.79 Å². The number of rotatable bonds is 4. The lowest BCUT2D eigenvalue weighted by atomic mass is 10.3. The first kappa shape index (κ1) is 14.4. The van der Waals surface area contributed by atoms with Crippen LogP contribution in [-0.2, 0) is 6.54 Å². The highest BCUT2D eigenvalue weighted by atomic mass is 79.9. The van der Waals surface area contributed by atoms with Gasteiger partial charge in [-0.25, -0.2) is 4.98 Å². The van der Waals surface area contributed by atoms with Crippen LogP contribution in [-0.4, -0.2) is 27.3 Å². The van der Waals surface area contributed by atoms with Gasteiger partial charge in [0.1, 0.15) is 10.8 Å². The highest BCUT2D eigenvalue weighted by Gasteiger charge is 2.17. The van der Waals surface area contributed by atoms with Gasteiger partial charge in [-0.15, -0.1) is 11.3 Å². The Balaban J connectivity index is 2.15. The van der Waals surface area contributed by atoms with E-state index in [-0.39, 0.29) is 16.8 Å². The van der Waals surface area contributed by atoms with E-state index >= 15 is 0 Å². The molecule has 0 aliphatic rings. The van der Waals surface area contributed by atoms with Crippen LogP contribution in [0.4, 0.5) is 0 Å². The number of thiophene rings is 1. The number of hydrogen-bond donors (Lipinski definition) is 0. The van der Waals surface area contributed by atoms with Crippen molar-refractivity contribution in [2.24, 2.45) is 0 Å². The molecule has 7 heteroatoms. The molecule has 1 amide bonds. The van der Waals surface area contributed by atoms with Crippen molar-refractivity contribution >= 4 is 44.8 Å². The van der Waals surface area contributed by atoms with E-state index in [0.717, 1.165) is 8.66 Å². The summed E-state index contributed by atoms with van der Waals surface area (Å²) in [4.78, 5) is 23.0. The maximum atomic E-state index is 12.3. The molecule has 0 aliphatic heterocycles. The number of nitrogens with zero attached hydrogens (tertiary/aromatic N) is 3. The Hall–Kier alpha value is -0.980. The Kier molecular flexibility index (Phi) is 4.90. The van der Waals surface area contributed by atoms with Crippen LogP contribution >= 0.6 is 38.9 Å². The fraction of sp³-hybridized carbons (Fsp3) is 0.250. The molecule has 0 bridgehead atoms. The van der Waals surface area contributed by atoms with Gasteiger partial charge in [-0.2, -0.15) is 0 Å². The van der Waals surface area contributed by atoms with Gasteiger partial charge in [0.05, 0.1) is 22.7 Å². The van der Waals surface area contributed by atoms with Crippen LogP contribution in [0.1, 0.15) is 22.3 Å². The molecule has 4 nitrogen and oxygen atoms in total. The van der Waals surface area contributed by atoms with E-state index in [9.17, 15) is 4.79 Å². The monoisotopic (exact) mass is 359 g/mol. The molecule has 19 heavy (non-hydrogen) atoms. The van der Waals surface area contributed by atoms with E-state index < -0.39 is 0 Å². The Morgan fingerprint density at radius 1 is 1.47 bits per heavy atom. The molecule has 100 valence electrons. The molecule has 0 N–H and O–H groups in total. The number of carbonyl (C=O) groups excluding carboxylic acids is 1. The van der Waals surface area contributed by atoms with Crippen molar-refractivity contribution in [2.45, 2.75) is 13.5 Å². The Labute approximate surface area is 128 Å². The van der Waals surface area contributed by atoms with Crippen LogP contribution < -0.4 is 0 Å². The van der Waals surface area contributed by atoms with Crippen molar-refractivity contribution in [1.82, 2.24) is 14.9 Å². The first-order valence-electron chi connectivity index (χ1n) is 5.61. The molecular formula is C12H11BrClN3OS. The predicted molar refractivity (Wildman–Crippen MR) is 79.5 cm³/mol. The zero-order valence-corrected chi connectivity index (χ0v) is 13.3. The fourth-order valence-corrected chi connectivity index (χ4v) is 3.21. The average Bonchev–Trinajstić information content (AvgIpc) is 2.81. The van der Waals surface area contributed by atoms with E-state index in [4.69, 9.17) is 11.6 Å². The van der Waals surface area contributed by atoms with Crippen molar-refractivity contribution in [3.05, 3.63) is 44.0 Å². The van der Waals surface area contributed by atoms with Gasteiger partial charge >= 0.3 is 0 Å². The van der Waals surface area contributed by atoms with E-state index in [1.165, 1.54) is 12.4 Å². The van der Waals surface area contributed by atoms with Crippen LogP contribution in [0.15, 0.2) is 28.3 Å². The third-order valence-corrected chi connectivity index (χ3v) is 4.26. The summed E-state index contributed by atoms with van der Waals surface area (Å²) in [7, 11) is 0. The number of amides is 1. The van der Waals surface area contributed by atoms with Crippen LogP contribution in [0.25, 0.3) is 0 Å². The van der Waals surface area contributed by atoms with Gasteiger partial charge in [-0.1, -0.05) is 11.6 Å². The molecule has 0 saturated carbocycles. The molecule has 2 aromatic heterocycles. The van der Waals surface area contributed by atoms with Crippen molar-refractivity contribution in [2.75, 3.05) is 6.54 Å². The second-order valence-electron chi connectivity index (χ2n) is 3.75. The summed E-state index contributed by atoms with van der Waals surface area (Å²) in [5.74, 6) is -0.165. The lowest BCUT2D eigenvalue weighted by molar-refractivity contribution is 0.0748. The molecule has 2 heterocycles. The van der Waals surface area contributed by atoms with Gasteiger partial charge in [0.25, 0.3) is 5.91 Å². The van der Waals surface area contributed by atoms with Gasteiger partial charge in [-0.05, 0) is 35.0 Å². The number of aromatic nitrogens is 2. The standard InChI is InChI=1S/C12H11BrClN3OS/c1-2-17(7-8-3-4-10(13)19-8)12(18)9-5-15-6-11(14)16-9/h3-6H,2,7H2,1H3. The first-order chi connectivity index (χ1) is 9.10. The van der Waals surface area contributed by atoms with E-state index in [1.807, 2.05) is 19.1 Å². The molecular weight excluding hydrogens is 350 g/mol. The summed E-state index contributed by atoms with van der Waals surface area (Å²) in [5.41, 5.74) is 0.268. The minimum absolute atomic E-state index is 0.165. The summed E-state index contributed by atoms with van der Waals surface area (Å²) in [6.07, 6.45) is 2.84. The molecule has 2 rings (SSSR count). The zero-order valence-electron chi connectivity index (χ0n) is 10.1. The minimum atomic E-state index is -0.165. The molecule has 0 saturated heterocycles. The highest BCUT2D eigenvalue weighted by molar-refractivity contribution is 9.11. The second-order valence-corrected chi connectivity index (χ2v) is 6.69. The molecule has 2 aromatic rings. The first-order valence-corrected chi connectivity index (χ1v) is 7.60. The summed E-state index contributed by atoms with van der Waals surface area (Å²) >= 11 is 10.8. The molecule has 0 aromatic carbocycles. The lowest BCUT2D eigenvalue weighted by Crippen LogP contribution is -2.30. The third-order valence-electron chi connectivity index (χ3n) is 2.47. The van der Waals surface area contributed by atoms with Crippen molar-refractivity contribution in [3.63, 3.8) is 0 Å². The van der Waals surface area contributed by atoms with E-state index in [0.29, 0.717) is 13.1 Å². The zero-order chi connectivity index (χ0) is 13.8. The molecule has 0 radical (unpaired) electrons. The van der Waals surface area contributed by atoms with Crippen molar-refractivity contribution in [3.8, 4) is 0 Å². The average molecular weight is 361 g/mol. The molecule has 0 aliphatic carbocycles. The third kappa shape index (κ3) is 3.75. The summed E-state index contributed by atoms with van der Waals surface area (Å²) in [6.45, 7) is 3.08. The summed E-state index contributed by atoms with van der Waals surface area (Å²) in [5, 5.41) is 0.223. The smallest absolute Gasteiger partial charge is 0.274 e. The largest absolute Gasteiger partial charge is 0.332 e. The second kappa shape index (κ2) is 6.45. The van der Waals surface area contributed by atoms with Gasteiger partial charge in [0.15, 0.2) is 0 Å². The minimum Gasteiger partial charge on any atom is -0.332 e. The van der Waals surface area contributed by atoms with Gasteiger partial charge < -0.3 is 4.90 Å². The number of carbonyl (C=O) groups is 1. The fourth-order valence-electron chi connectivity index (χ4n) is 1.56. The number of hydrogen-bond acceptors (Lipinski definition) is 4. The highest BCUT2D eigenvalue weighted by Crippen LogP contribution is 2.23. The van der Waals surface area contributed by atoms with Gasteiger partial charge in [0, 0.05) is 11.4 Å². The topological polar surface area (TPSA) is 46.1 Å². The van der Waals surface area contributed by atoms with E-state index in [2.05, 4.69) is 25.9 Å². The number of halogens is 2. The molecule has 0 unspecified atom stereocenters. The van der Waals surface area contributed by atoms with Gasteiger partial charge in [0.2, 0.25) is 0 Å². The Morgan fingerprint density at radius 2 is 2.26 bits per heavy atom. The lowest BCUT2D eigenvalue weighted by Gasteiger charge is -2.19. The van der Waals surface area contributed by atoms with Crippen LogP contribution in [0.5, 0.6) is 0 Å². The van der Waals surface area contributed by atoms with Gasteiger partial charge in [-0.3, -0.25) is 9.78 Å².